The van der Waals surface area contributed by atoms with Gasteiger partial charge < -0.3 is 10.2 Å². The summed E-state index contributed by atoms with van der Waals surface area (Å²) in [6.45, 7) is 1.12. The predicted molar refractivity (Wildman–Crippen MR) is 105 cm³/mol. The Morgan fingerprint density at radius 1 is 1.13 bits per heavy atom. The van der Waals surface area contributed by atoms with E-state index in [9.17, 15) is 27.2 Å². The third kappa shape index (κ3) is 4.90. The minimum Gasteiger partial charge on any atom is -0.332 e. The molecule has 0 aliphatic rings. The maximum Gasteiger partial charge on any atom is 0.418 e. The van der Waals surface area contributed by atoms with Gasteiger partial charge in [0.2, 0.25) is 5.91 Å². The van der Waals surface area contributed by atoms with Crippen LogP contribution in [0.25, 0.3) is 5.69 Å². The molecule has 0 bridgehead atoms. The molecule has 0 aliphatic heterocycles. The second-order valence-corrected chi connectivity index (χ2v) is 6.79. The number of alkyl halides is 3. The highest BCUT2D eigenvalue weighted by Gasteiger charge is 2.34. The van der Waals surface area contributed by atoms with Crippen LogP contribution >= 0.6 is 0 Å². The maximum absolute atomic E-state index is 13.3. The van der Waals surface area contributed by atoms with Gasteiger partial charge in [0.05, 0.1) is 35.2 Å². The van der Waals surface area contributed by atoms with Gasteiger partial charge in [-0.15, -0.1) is 0 Å². The summed E-state index contributed by atoms with van der Waals surface area (Å²) in [4.78, 5) is 26.0. The molecule has 0 unspecified atom stereocenters. The maximum atomic E-state index is 13.3. The minimum atomic E-state index is -4.59. The Labute approximate surface area is 175 Å². The molecule has 10 heteroatoms. The largest absolute Gasteiger partial charge is 0.418 e. The van der Waals surface area contributed by atoms with Crippen LogP contribution in [0.5, 0.6) is 0 Å². The van der Waals surface area contributed by atoms with Crippen molar-refractivity contribution in [1.29, 1.82) is 0 Å². The summed E-state index contributed by atoms with van der Waals surface area (Å²) in [6.07, 6.45) is -3.43. The average molecular weight is 434 g/mol. The number of anilines is 1. The number of hydrogen-bond donors (Lipinski definition) is 1. The first-order valence-electron chi connectivity index (χ1n) is 9.10. The van der Waals surface area contributed by atoms with Crippen LogP contribution in [-0.2, 0) is 11.0 Å². The smallest absolute Gasteiger partial charge is 0.332 e. The van der Waals surface area contributed by atoms with Crippen LogP contribution in [0.4, 0.5) is 23.2 Å². The van der Waals surface area contributed by atoms with Crippen molar-refractivity contribution in [1.82, 2.24) is 14.7 Å². The van der Waals surface area contributed by atoms with Crippen molar-refractivity contribution in [2.75, 3.05) is 18.9 Å². The van der Waals surface area contributed by atoms with Gasteiger partial charge in [-0.1, -0.05) is 18.2 Å². The summed E-state index contributed by atoms with van der Waals surface area (Å²) in [7, 11) is 1.37. The lowest BCUT2D eigenvalue weighted by atomic mass is 10.1. The molecule has 3 aromatic rings. The third-order valence-corrected chi connectivity index (χ3v) is 4.51. The molecule has 3 rings (SSSR count). The summed E-state index contributed by atoms with van der Waals surface area (Å²) >= 11 is 0. The molecule has 0 fully saturated rings. The first-order valence-corrected chi connectivity index (χ1v) is 9.10. The van der Waals surface area contributed by atoms with Crippen molar-refractivity contribution in [3.63, 3.8) is 0 Å². The van der Waals surface area contributed by atoms with Crippen LogP contribution in [0.2, 0.25) is 0 Å². The number of amides is 2. The van der Waals surface area contributed by atoms with Crippen molar-refractivity contribution in [3.05, 3.63) is 77.4 Å². The first-order chi connectivity index (χ1) is 14.6. The highest BCUT2D eigenvalue weighted by molar-refractivity contribution is 5.99. The van der Waals surface area contributed by atoms with E-state index in [4.69, 9.17) is 0 Å². The minimum absolute atomic E-state index is 0.0537. The number of para-hydroxylation sites is 1. The van der Waals surface area contributed by atoms with E-state index in [0.29, 0.717) is 0 Å². The molecule has 1 heterocycles. The molecule has 1 N–H and O–H groups in total. The average Bonchev–Trinajstić information content (AvgIpc) is 3.07. The van der Waals surface area contributed by atoms with Gasteiger partial charge in [-0.25, -0.2) is 9.07 Å². The standard InChI is InChI=1S/C21H18F4N4O2/c1-13-16(11-26-29(13)18-9-4-3-8-17(18)21(23,24)25)20(31)28(2)12-19(30)27-15-7-5-6-14(22)10-15/h3-11H,12H2,1-2H3,(H,27,30). The van der Waals surface area contributed by atoms with Crippen LogP contribution in [0.3, 0.4) is 0 Å². The highest BCUT2D eigenvalue weighted by atomic mass is 19.4. The van der Waals surface area contributed by atoms with Crippen LogP contribution in [0, 0.1) is 12.7 Å². The Bertz CT molecular complexity index is 1120. The number of halogens is 4. The number of benzene rings is 2. The lowest BCUT2D eigenvalue weighted by Crippen LogP contribution is -2.35. The van der Waals surface area contributed by atoms with Crippen molar-refractivity contribution < 1.29 is 27.2 Å². The summed E-state index contributed by atoms with van der Waals surface area (Å²) in [5.41, 5.74) is -0.614. The summed E-state index contributed by atoms with van der Waals surface area (Å²) < 4.78 is 54.2. The van der Waals surface area contributed by atoms with E-state index in [-0.39, 0.29) is 29.2 Å². The second-order valence-electron chi connectivity index (χ2n) is 6.79. The van der Waals surface area contributed by atoms with Crippen LogP contribution < -0.4 is 5.32 Å². The lowest BCUT2D eigenvalue weighted by molar-refractivity contribution is -0.137. The Kier molecular flexibility index (Phi) is 6.09. The van der Waals surface area contributed by atoms with Gasteiger partial charge in [0, 0.05) is 12.7 Å². The van der Waals surface area contributed by atoms with Crippen molar-refractivity contribution in [2.45, 2.75) is 13.1 Å². The number of rotatable bonds is 5. The van der Waals surface area contributed by atoms with Crippen molar-refractivity contribution in [2.24, 2.45) is 0 Å². The Hall–Kier alpha value is -3.69. The second kappa shape index (κ2) is 8.58. The van der Waals surface area contributed by atoms with Gasteiger partial charge in [-0.3, -0.25) is 9.59 Å². The van der Waals surface area contributed by atoms with Gasteiger partial charge >= 0.3 is 6.18 Å². The van der Waals surface area contributed by atoms with Crippen LogP contribution in [-0.4, -0.2) is 40.1 Å². The monoisotopic (exact) mass is 434 g/mol. The Balaban J connectivity index is 1.78. The molecule has 1 aromatic heterocycles. The van der Waals surface area contributed by atoms with Crippen molar-refractivity contribution in [3.8, 4) is 5.69 Å². The van der Waals surface area contributed by atoms with Crippen molar-refractivity contribution >= 4 is 17.5 Å². The number of aromatic nitrogens is 2. The number of hydrogen-bond acceptors (Lipinski definition) is 3. The van der Waals surface area contributed by atoms with E-state index in [1.54, 1.807) is 0 Å². The molecule has 0 atom stereocenters. The third-order valence-electron chi connectivity index (χ3n) is 4.51. The lowest BCUT2D eigenvalue weighted by Gasteiger charge is -2.17. The fourth-order valence-corrected chi connectivity index (χ4v) is 3.02. The predicted octanol–water partition coefficient (Wildman–Crippen LogP) is 4.05. The molecule has 0 radical (unpaired) electrons. The molecule has 0 saturated heterocycles. The molecule has 2 amide bonds. The molecule has 31 heavy (non-hydrogen) atoms. The molecule has 0 spiro atoms. The number of likely N-dealkylation sites (N-methyl/N-ethyl adjacent to an activating group) is 1. The van der Waals surface area contributed by atoms with E-state index in [2.05, 4.69) is 10.4 Å². The number of carbonyl (C=O) groups is 2. The molecule has 0 aliphatic carbocycles. The molecule has 6 nitrogen and oxygen atoms in total. The fourth-order valence-electron chi connectivity index (χ4n) is 3.02. The van der Waals surface area contributed by atoms with Gasteiger partial charge in [-0.2, -0.15) is 18.3 Å². The Morgan fingerprint density at radius 3 is 2.52 bits per heavy atom. The van der Waals surface area contributed by atoms with Crippen LogP contribution in [0.15, 0.2) is 54.7 Å². The van der Waals surface area contributed by atoms with Gasteiger partial charge in [-0.05, 0) is 37.3 Å². The number of nitrogens with one attached hydrogen (secondary N) is 1. The SMILES string of the molecule is Cc1c(C(=O)N(C)CC(=O)Nc2cccc(F)c2)cnn1-c1ccccc1C(F)(F)F. The number of nitrogens with zero attached hydrogens (tertiary/aromatic N) is 3. The van der Waals surface area contributed by atoms with E-state index < -0.39 is 29.4 Å². The number of carbonyl (C=O) groups excluding carboxylic acids is 2. The summed E-state index contributed by atoms with van der Waals surface area (Å²) in [5.74, 6) is -1.68. The first kappa shape index (κ1) is 22.0. The zero-order valence-electron chi connectivity index (χ0n) is 16.6. The molecule has 162 valence electrons. The summed E-state index contributed by atoms with van der Waals surface area (Å²) in [6, 6.07) is 10.2. The zero-order valence-corrected chi connectivity index (χ0v) is 16.6. The summed E-state index contributed by atoms with van der Waals surface area (Å²) in [5, 5.41) is 6.42. The van der Waals surface area contributed by atoms with Crippen LogP contribution in [0.1, 0.15) is 21.6 Å². The van der Waals surface area contributed by atoms with Gasteiger partial charge in [0.25, 0.3) is 5.91 Å². The van der Waals surface area contributed by atoms with E-state index in [1.165, 1.54) is 50.4 Å². The molecular weight excluding hydrogens is 416 g/mol. The zero-order chi connectivity index (χ0) is 22.8. The highest BCUT2D eigenvalue weighted by Crippen LogP contribution is 2.34. The van der Waals surface area contributed by atoms with E-state index in [0.717, 1.165) is 27.9 Å². The quantitative estimate of drug-likeness (QED) is 0.616. The van der Waals surface area contributed by atoms with E-state index >= 15 is 0 Å². The molecular formula is C21H18F4N4O2. The fraction of sp³-hybridized carbons (Fsp3) is 0.190. The van der Waals surface area contributed by atoms with E-state index in [1.807, 2.05) is 0 Å². The van der Waals surface area contributed by atoms with Gasteiger partial charge in [0.15, 0.2) is 0 Å². The van der Waals surface area contributed by atoms with Gasteiger partial charge in [0.1, 0.15) is 5.82 Å². The molecule has 2 aromatic carbocycles. The topological polar surface area (TPSA) is 67.2 Å². The Morgan fingerprint density at radius 2 is 1.84 bits per heavy atom. The molecule has 0 saturated carbocycles. The normalized spacial score (nSPS) is 11.3.